The molecule has 1 fully saturated rings. The van der Waals surface area contributed by atoms with E-state index in [2.05, 4.69) is 59.9 Å². The summed E-state index contributed by atoms with van der Waals surface area (Å²) in [5.74, 6) is -1.19. The second kappa shape index (κ2) is 9.64. The zero-order valence-corrected chi connectivity index (χ0v) is 15.8. The van der Waals surface area contributed by atoms with E-state index in [1.165, 1.54) is 40.8 Å². The largest absolute Gasteiger partial charge is 0.480 e. The lowest BCUT2D eigenvalue weighted by Crippen LogP contribution is -2.35. The minimum absolute atomic E-state index is 0.394. The number of fused-ring (bicyclic) bond motifs is 3. The lowest BCUT2D eigenvalue weighted by Gasteiger charge is -2.25. The Labute approximate surface area is 164 Å². The first-order valence-corrected chi connectivity index (χ1v) is 9.74. The maximum absolute atomic E-state index is 10.7. The Morgan fingerprint density at radius 3 is 2.39 bits per heavy atom. The quantitative estimate of drug-likeness (QED) is 0.518. The molecule has 148 valence electrons. The number of carbonyl (C=O) groups is 1. The van der Waals surface area contributed by atoms with Gasteiger partial charge >= 0.3 is 5.97 Å². The van der Waals surface area contributed by atoms with Crippen LogP contribution >= 0.6 is 0 Å². The molecule has 3 aromatic rings. The van der Waals surface area contributed by atoms with Crippen LogP contribution in [0.4, 0.5) is 0 Å². The number of aliphatic carboxylic acids is 1. The maximum Gasteiger partial charge on any atom is 0.329 e. The van der Waals surface area contributed by atoms with E-state index >= 15 is 0 Å². The molecule has 5 nitrogen and oxygen atoms in total. The molecule has 0 radical (unpaired) electrons. The molecule has 0 spiro atoms. The highest BCUT2D eigenvalue weighted by molar-refractivity contribution is 6.07. The molecule has 1 saturated heterocycles. The van der Waals surface area contributed by atoms with Gasteiger partial charge in [-0.2, -0.15) is 0 Å². The third-order valence-electron chi connectivity index (χ3n) is 5.21. The molecule has 0 saturated carbocycles. The first-order chi connectivity index (χ1) is 13.6. The van der Waals surface area contributed by atoms with Gasteiger partial charge in [-0.25, -0.2) is 4.79 Å². The highest BCUT2D eigenvalue weighted by atomic mass is 16.4. The molecule has 1 heterocycles. The summed E-state index contributed by atoms with van der Waals surface area (Å²) in [6, 6.07) is 19.6. The zero-order valence-electron chi connectivity index (χ0n) is 15.8. The molecule has 2 atom stereocenters. The van der Waals surface area contributed by atoms with Crippen molar-refractivity contribution in [1.82, 2.24) is 5.32 Å². The Kier molecular flexibility index (Phi) is 6.98. The number of hydrogen-bond acceptors (Lipinski definition) is 4. The maximum atomic E-state index is 10.7. The first-order valence-electron chi connectivity index (χ1n) is 9.74. The van der Waals surface area contributed by atoms with Crippen molar-refractivity contribution in [2.24, 2.45) is 0 Å². The van der Waals surface area contributed by atoms with E-state index in [0.29, 0.717) is 6.04 Å². The van der Waals surface area contributed by atoms with Crippen molar-refractivity contribution >= 4 is 27.5 Å². The van der Waals surface area contributed by atoms with Crippen LogP contribution in [0.5, 0.6) is 0 Å². The third-order valence-corrected chi connectivity index (χ3v) is 5.21. The summed E-state index contributed by atoms with van der Waals surface area (Å²) < 4.78 is 0. The molecule has 4 N–H and O–H groups in total. The average Bonchev–Trinajstić information content (AvgIpc) is 2.74. The van der Waals surface area contributed by atoms with Crippen molar-refractivity contribution in [1.29, 1.82) is 0 Å². The van der Waals surface area contributed by atoms with E-state index in [1.54, 1.807) is 0 Å². The van der Waals surface area contributed by atoms with Crippen LogP contribution in [0, 0.1) is 0 Å². The number of rotatable bonds is 4. The number of carboxylic acids is 1. The molecule has 2 unspecified atom stereocenters. The van der Waals surface area contributed by atoms with Gasteiger partial charge in [-0.05, 0) is 59.0 Å². The van der Waals surface area contributed by atoms with Crippen LogP contribution in [0.25, 0.3) is 21.5 Å². The van der Waals surface area contributed by atoms with Gasteiger partial charge < -0.3 is 20.6 Å². The fourth-order valence-corrected chi connectivity index (χ4v) is 3.76. The van der Waals surface area contributed by atoms with E-state index in [9.17, 15) is 5.11 Å². The van der Waals surface area contributed by atoms with E-state index in [4.69, 9.17) is 15.0 Å². The van der Waals surface area contributed by atoms with Crippen molar-refractivity contribution in [2.75, 3.05) is 13.2 Å². The number of aliphatic hydroxyl groups excluding tert-OH is 2. The van der Waals surface area contributed by atoms with Crippen molar-refractivity contribution < 1.29 is 20.1 Å². The summed E-state index contributed by atoms with van der Waals surface area (Å²) in [6.07, 6.45) is 4.11. The molecular formula is C23H27NO4. The monoisotopic (exact) mass is 381 g/mol. The number of carboxylic acid groups (broad SMARTS) is 1. The zero-order chi connectivity index (χ0) is 19.9. The molecular weight excluding hydrogens is 354 g/mol. The van der Waals surface area contributed by atoms with Crippen LogP contribution in [0.2, 0.25) is 0 Å². The van der Waals surface area contributed by atoms with Gasteiger partial charge in [0.1, 0.15) is 6.61 Å². The number of benzene rings is 3. The predicted octanol–water partition coefficient (Wildman–Crippen LogP) is 3.62. The van der Waals surface area contributed by atoms with E-state index in [-0.39, 0.29) is 0 Å². The van der Waals surface area contributed by atoms with Gasteiger partial charge in [0.25, 0.3) is 0 Å². The molecule has 1 aliphatic rings. The van der Waals surface area contributed by atoms with Gasteiger partial charge in [-0.15, -0.1) is 0 Å². The van der Waals surface area contributed by atoms with Crippen LogP contribution in [0.3, 0.4) is 0 Å². The molecule has 0 amide bonds. The molecule has 0 aromatic heterocycles. The summed E-state index contributed by atoms with van der Waals surface area (Å²) in [5.41, 5.74) is 1.03. The molecule has 5 heteroatoms. The van der Waals surface area contributed by atoms with Crippen LogP contribution < -0.4 is 5.32 Å². The highest BCUT2D eigenvalue weighted by Gasteiger charge is 2.18. The number of hydrogen-bond donors (Lipinski definition) is 4. The van der Waals surface area contributed by atoms with Crippen molar-refractivity contribution in [3.8, 4) is 0 Å². The van der Waals surface area contributed by atoms with Crippen LogP contribution in [-0.4, -0.2) is 40.5 Å². The summed E-state index contributed by atoms with van der Waals surface area (Å²) >= 11 is 0. The summed E-state index contributed by atoms with van der Waals surface area (Å²) in [6.45, 7) is 0.305. The van der Waals surface area contributed by atoms with Crippen LogP contribution in [0.15, 0.2) is 54.6 Å². The van der Waals surface area contributed by atoms with E-state index in [0.717, 1.165) is 18.5 Å². The normalized spacial score (nSPS) is 17.7. The van der Waals surface area contributed by atoms with Crippen molar-refractivity contribution in [3.05, 3.63) is 60.2 Å². The third kappa shape index (κ3) is 5.07. The Morgan fingerprint density at radius 2 is 1.71 bits per heavy atom. The SMILES string of the molecule is O=C(O)CO.OC(CC1CCCCN1)c1ccc2ccc3ccccc3c2c1. The van der Waals surface area contributed by atoms with Crippen LogP contribution in [-0.2, 0) is 4.79 Å². The lowest BCUT2D eigenvalue weighted by atomic mass is 9.93. The molecule has 0 bridgehead atoms. The minimum atomic E-state index is -1.19. The van der Waals surface area contributed by atoms with Gasteiger partial charge in [0, 0.05) is 6.04 Å². The fourth-order valence-electron chi connectivity index (χ4n) is 3.76. The van der Waals surface area contributed by atoms with Gasteiger partial charge in [0.2, 0.25) is 0 Å². The van der Waals surface area contributed by atoms with Gasteiger partial charge in [-0.1, -0.05) is 55.0 Å². The number of aliphatic hydroxyl groups is 2. The summed E-state index contributed by atoms with van der Waals surface area (Å²) in [7, 11) is 0. The molecule has 3 aromatic carbocycles. The van der Waals surface area contributed by atoms with Crippen molar-refractivity contribution in [2.45, 2.75) is 37.8 Å². The lowest BCUT2D eigenvalue weighted by molar-refractivity contribution is -0.140. The smallest absolute Gasteiger partial charge is 0.329 e. The minimum Gasteiger partial charge on any atom is -0.480 e. The summed E-state index contributed by atoms with van der Waals surface area (Å²) in [5, 5.41) is 34.2. The summed E-state index contributed by atoms with van der Waals surface area (Å²) in [4.78, 5) is 9.12. The Morgan fingerprint density at radius 1 is 1.04 bits per heavy atom. The van der Waals surface area contributed by atoms with Gasteiger partial charge in [0.15, 0.2) is 0 Å². The van der Waals surface area contributed by atoms with Gasteiger partial charge in [0.05, 0.1) is 6.10 Å². The number of piperidine rings is 1. The van der Waals surface area contributed by atoms with E-state index < -0.39 is 18.7 Å². The second-order valence-electron chi connectivity index (χ2n) is 7.22. The van der Waals surface area contributed by atoms with Gasteiger partial charge in [-0.3, -0.25) is 0 Å². The highest BCUT2D eigenvalue weighted by Crippen LogP contribution is 2.29. The Balaban J connectivity index is 0.000000403. The molecule has 1 aliphatic heterocycles. The standard InChI is InChI=1S/C21H23NO.C2H4O3/c23-21(14-18-6-3-4-12-22-18)17-11-10-16-9-8-15-5-1-2-7-19(15)20(16)13-17;3-1-2(4)5/h1-2,5,7-11,13,18,21-23H,3-4,6,12,14H2;3H,1H2,(H,4,5). The number of nitrogens with one attached hydrogen (secondary N) is 1. The average molecular weight is 381 g/mol. The molecule has 4 rings (SSSR count). The van der Waals surface area contributed by atoms with Crippen molar-refractivity contribution in [3.63, 3.8) is 0 Å². The molecule has 0 aliphatic carbocycles. The van der Waals surface area contributed by atoms with E-state index in [1.807, 2.05) is 0 Å². The Hall–Kier alpha value is -2.47. The topological polar surface area (TPSA) is 89.8 Å². The first kappa shape index (κ1) is 20.3. The molecule has 28 heavy (non-hydrogen) atoms. The second-order valence-corrected chi connectivity index (χ2v) is 7.22. The Bertz CT molecular complexity index is 934. The van der Waals surface area contributed by atoms with Crippen LogP contribution in [0.1, 0.15) is 37.4 Å². The predicted molar refractivity (Wildman–Crippen MR) is 111 cm³/mol. The fraction of sp³-hybridized carbons (Fsp3) is 0.348.